The van der Waals surface area contributed by atoms with Crippen molar-refractivity contribution in [1.82, 2.24) is 10.2 Å². The molecule has 0 radical (unpaired) electrons. The average molecular weight is 283 g/mol. The first-order valence-corrected chi connectivity index (χ1v) is 7.52. The van der Waals surface area contributed by atoms with Crippen LogP contribution in [0, 0.1) is 5.82 Å². The van der Waals surface area contributed by atoms with Crippen LogP contribution in [0.3, 0.4) is 0 Å². The molecule has 4 heteroatoms. The van der Waals surface area contributed by atoms with Gasteiger partial charge in [-0.05, 0) is 44.8 Å². The maximum atomic E-state index is 13.8. The first-order valence-electron chi connectivity index (χ1n) is 7.14. The van der Waals surface area contributed by atoms with Gasteiger partial charge < -0.3 is 10.2 Å². The molecule has 1 aliphatic carbocycles. The summed E-state index contributed by atoms with van der Waals surface area (Å²) in [5.74, 6) is -0.285. The maximum absolute atomic E-state index is 13.8. The molecule has 1 heterocycles. The topological polar surface area (TPSA) is 15.3 Å². The number of nitrogens with zero attached hydrogens (tertiary/aromatic N) is 1. The van der Waals surface area contributed by atoms with Crippen molar-refractivity contribution in [2.75, 3.05) is 13.1 Å². The van der Waals surface area contributed by atoms with Gasteiger partial charge in [-0.1, -0.05) is 23.7 Å². The van der Waals surface area contributed by atoms with Crippen LogP contribution in [-0.2, 0) is 6.54 Å². The monoisotopic (exact) mass is 282 g/mol. The summed E-state index contributed by atoms with van der Waals surface area (Å²) in [6, 6.07) is 6.57. The van der Waals surface area contributed by atoms with Crippen LogP contribution in [0.5, 0.6) is 0 Å². The zero-order chi connectivity index (χ0) is 13.2. The second-order valence-electron chi connectivity index (χ2n) is 5.64. The first kappa shape index (κ1) is 13.3. The van der Waals surface area contributed by atoms with E-state index in [1.807, 2.05) is 0 Å². The molecule has 0 unspecified atom stereocenters. The van der Waals surface area contributed by atoms with Crippen molar-refractivity contribution in [2.45, 2.75) is 44.3 Å². The van der Waals surface area contributed by atoms with Gasteiger partial charge in [-0.15, -0.1) is 0 Å². The Labute approximate surface area is 118 Å². The van der Waals surface area contributed by atoms with E-state index in [-0.39, 0.29) is 10.8 Å². The normalized spacial score (nSPS) is 21.8. The molecule has 1 N–H and O–H groups in total. The molecule has 0 atom stereocenters. The van der Waals surface area contributed by atoms with Gasteiger partial charge in [-0.3, -0.25) is 0 Å². The van der Waals surface area contributed by atoms with E-state index < -0.39 is 0 Å². The fourth-order valence-electron chi connectivity index (χ4n) is 2.85. The molecular formula is C15H20ClFN2. The molecule has 1 aromatic rings. The predicted octanol–water partition coefficient (Wildman–Crippen LogP) is 3.20. The molecule has 3 rings (SSSR count). The summed E-state index contributed by atoms with van der Waals surface area (Å²) in [5, 5.41) is 3.67. The third-order valence-electron chi connectivity index (χ3n) is 4.21. The van der Waals surface area contributed by atoms with Gasteiger partial charge in [0.1, 0.15) is 5.82 Å². The van der Waals surface area contributed by atoms with E-state index in [1.165, 1.54) is 38.8 Å². The fraction of sp³-hybridized carbons (Fsp3) is 0.600. The Hall–Kier alpha value is -0.640. The van der Waals surface area contributed by atoms with Gasteiger partial charge in [0.25, 0.3) is 0 Å². The van der Waals surface area contributed by atoms with Gasteiger partial charge in [0.15, 0.2) is 0 Å². The Bertz CT molecular complexity index is 440. The average Bonchev–Trinajstić information content (AvgIpc) is 3.26. The van der Waals surface area contributed by atoms with Crippen molar-refractivity contribution in [2.24, 2.45) is 0 Å². The second-order valence-corrected chi connectivity index (χ2v) is 6.04. The van der Waals surface area contributed by atoms with E-state index in [4.69, 9.17) is 11.6 Å². The number of halogens is 2. The van der Waals surface area contributed by atoms with Gasteiger partial charge in [-0.2, -0.15) is 0 Å². The second kappa shape index (κ2) is 5.78. The predicted molar refractivity (Wildman–Crippen MR) is 75.9 cm³/mol. The van der Waals surface area contributed by atoms with Crippen LogP contribution in [0.15, 0.2) is 18.2 Å². The third kappa shape index (κ3) is 3.28. The van der Waals surface area contributed by atoms with Crippen LogP contribution in [0.25, 0.3) is 0 Å². The van der Waals surface area contributed by atoms with Crippen molar-refractivity contribution in [1.29, 1.82) is 0 Å². The van der Waals surface area contributed by atoms with Gasteiger partial charge in [0.05, 0.1) is 5.02 Å². The Morgan fingerprint density at radius 2 is 1.95 bits per heavy atom. The standard InChI is InChI=1S/C15H20ClFN2/c16-14-3-1-2-11(15(14)17)10-18-12-6-8-19(9-7-12)13-4-5-13/h1-3,12-13,18H,4-10H2. The van der Waals surface area contributed by atoms with Crippen LogP contribution < -0.4 is 5.32 Å². The van der Waals surface area contributed by atoms with Gasteiger partial charge in [-0.25, -0.2) is 4.39 Å². The molecule has 0 aromatic heterocycles. The first-order chi connectivity index (χ1) is 9.24. The lowest BCUT2D eigenvalue weighted by molar-refractivity contribution is 0.189. The Kier molecular flexibility index (Phi) is 4.06. The molecule has 104 valence electrons. The zero-order valence-electron chi connectivity index (χ0n) is 11.0. The fourth-order valence-corrected chi connectivity index (χ4v) is 3.04. The smallest absolute Gasteiger partial charge is 0.146 e. The molecular weight excluding hydrogens is 263 g/mol. The zero-order valence-corrected chi connectivity index (χ0v) is 11.8. The molecule has 2 nitrogen and oxygen atoms in total. The van der Waals surface area contributed by atoms with Crippen molar-refractivity contribution >= 4 is 11.6 Å². The molecule has 2 fully saturated rings. The lowest BCUT2D eigenvalue weighted by Crippen LogP contribution is -2.43. The molecule has 1 saturated carbocycles. The molecule has 0 spiro atoms. The summed E-state index contributed by atoms with van der Waals surface area (Å²) in [7, 11) is 0. The number of benzene rings is 1. The van der Waals surface area contributed by atoms with Crippen molar-refractivity contribution in [3.8, 4) is 0 Å². The molecule has 0 bridgehead atoms. The molecule has 1 aliphatic heterocycles. The van der Waals surface area contributed by atoms with Gasteiger partial charge >= 0.3 is 0 Å². The Morgan fingerprint density at radius 3 is 2.63 bits per heavy atom. The molecule has 0 amide bonds. The van der Waals surface area contributed by atoms with Gasteiger partial charge in [0, 0.05) is 24.2 Å². The van der Waals surface area contributed by atoms with Crippen LogP contribution in [0.2, 0.25) is 5.02 Å². The van der Waals surface area contributed by atoms with E-state index in [2.05, 4.69) is 10.2 Å². The summed E-state index contributed by atoms with van der Waals surface area (Å²) in [5.41, 5.74) is 0.664. The number of nitrogens with one attached hydrogen (secondary N) is 1. The Morgan fingerprint density at radius 1 is 1.21 bits per heavy atom. The van der Waals surface area contributed by atoms with Crippen LogP contribution >= 0.6 is 11.6 Å². The highest BCUT2D eigenvalue weighted by molar-refractivity contribution is 6.30. The molecule has 19 heavy (non-hydrogen) atoms. The number of rotatable bonds is 4. The van der Waals surface area contributed by atoms with Crippen LogP contribution in [-0.4, -0.2) is 30.1 Å². The highest BCUT2D eigenvalue weighted by atomic mass is 35.5. The maximum Gasteiger partial charge on any atom is 0.146 e. The van der Waals surface area contributed by atoms with Crippen LogP contribution in [0.4, 0.5) is 4.39 Å². The van der Waals surface area contributed by atoms with E-state index >= 15 is 0 Å². The molecule has 2 aliphatic rings. The van der Waals surface area contributed by atoms with E-state index in [9.17, 15) is 4.39 Å². The lowest BCUT2D eigenvalue weighted by Gasteiger charge is -2.32. The SMILES string of the molecule is Fc1c(Cl)cccc1CNC1CCN(C2CC2)CC1. The summed E-state index contributed by atoms with van der Waals surface area (Å²) >= 11 is 5.79. The van der Waals surface area contributed by atoms with Crippen LogP contribution in [0.1, 0.15) is 31.2 Å². The summed E-state index contributed by atoms with van der Waals surface area (Å²) in [4.78, 5) is 2.60. The number of hydrogen-bond donors (Lipinski definition) is 1. The number of likely N-dealkylation sites (tertiary alicyclic amines) is 1. The Balaban J connectivity index is 1.48. The largest absolute Gasteiger partial charge is 0.310 e. The van der Waals surface area contributed by atoms with Crippen molar-refractivity contribution < 1.29 is 4.39 Å². The van der Waals surface area contributed by atoms with Gasteiger partial charge in [0.2, 0.25) is 0 Å². The lowest BCUT2D eigenvalue weighted by atomic mass is 10.0. The highest BCUT2D eigenvalue weighted by Crippen LogP contribution is 2.29. The quantitative estimate of drug-likeness (QED) is 0.912. The van der Waals surface area contributed by atoms with Crippen molar-refractivity contribution in [3.05, 3.63) is 34.6 Å². The molecule has 1 aromatic carbocycles. The van der Waals surface area contributed by atoms with E-state index in [0.717, 1.165) is 6.04 Å². The number of hydrogen-bond acceptors (Lipinski definition) is 2. The minimum atomic E-state index is -0.285. The van der Waals surface area contributed by atoms with E-state index in [0.29, 0.717) is 18.2 Å². The third-order valence-corrected chi connectivity index (χ3v) is 4.50. The summed E-state index contributed by atoms with van der Waals surface area (Å²) < 4.78 is 13.8. The summed E-state index contributed by atoms with van der Waals surface area (Å²) in [6.45, 7) is 2.93. The highest BCUT2D eigenvalue weighted by Gasteiger charge is 2.31. The minimum Gasteiger partial charge on any atom is -0.310 e. The number of piperidine rings is 1. The molecule has 1 saturated heterocycles. The van der Waals surface area contributed by atoms with E-state index in [1.54, 1.807) is 18.2 Å². The summed E-state index contributed by atoms with van der Waals surface area (Å²) in [6.07, 6.45) is 5.09. The van der Waals surface area contributed by atoms with Crippen molar-refractivity contribution in [3.63, 3.8) is 0 Å². The minimum absolute atomic E-state index is 0.211.